The van der Waals surface area contributed by atoms with E-state index in [0.717, 1.165) is 19.3 Å². The van der Waals surface area contributed by atoms with Crippen molar-refractivity contribution < 1.29 is 19.4 Å². The van der Waals surface area contributed by atoms with Gasteiger partial charge in [-0.2, -0.15) is 5.10 Å². The third kappa shape index (κ3) is 3.03. The molecule has 0 aromatic heterocycles. The molecule has 0 aliphatic carbocycles. The molecule has 1 N–H and O–H groups in total. The van der Waals surface area contributed by atoms with Crippen molar-refractivity contribution >= 4 is 17.6 Å². The van der Waals surface area contributed by atoms with Crippen molar-refractivity contribution in [2.75, 3.05) is 13.2 Å². The van der Waals surface area contributed by atoms with Gasteiger partial charge < -0.3 is 9.84 Å². The zero-order chi connectivity index (χ0) is 12.3. The van der Waals surface area contributed by atoms with E-state index >= 15 is 0 Å². The molecule has 2 aliphatic heterocycles. The van der Waals surface area contributed by atoms with Crippen molar-refractivity contribution in [1.29, 1.82) is 0 Å². The number of aliphatic carboxylic acids is 1. The largest absolute Gasteiger partial charge is 0.477 e. The maximum absolute atomic E-state index is 11.6. The number of rotatable bonds is 3. The molecule has 0 saturated carbocycles. The second-order valence-electron chi connectivity index (χ2n) is 4.32. The molecule has 6 nitrogen and oxygen atoms in total. The number of ether oxygens (including phenoxy) is 1. The van der Waals surface area contributed by atoms with E-state index in [-0.39, 0.29) is 30.6 Å². The Morgan fingerprint density at radius 1 is 1.47 bits per heavy atom. The Kier molecular flexibility index (Phi) is 3.73. The first-order valence-electron chi connectivity index (χ1n) is 5.89. The van der Waals surface area contributed by atoms with Gasteiger partial charge in [-0.3, -0.25) is 4.79 Å². The molecule has 17 heavy (non-hydrogen) atoms. The molecule has 2 rings (SSSR count). The fourth-order valence-electron chi connectivity index (χ4n) is 2.04. The van der Waals surface area contributed by atoms with Gasteiger partial charge in [0.2, 0.25) is 5.91 Å². The SMILES string of the molecule is O=C(O)C1=NN(CC2CCCCO2)C(=O)CC1. The molecule has 2 heterocycles. The number of hydrazone groups is 1. The van der Waals surface area contributed by atoms with Crippen LogP contribution in [0.1, 0.15) is 32.1 Å². The van der Waals surface area contributed by atoms with Gasteiger partial charge in [0.15, 0.2) is 0 Å². The molecular weight excluding hydrogens is 224 g/mol. The van der Waals surface area contributed by atoms with Crippen molar-refractivity contribution in [2.24, 2.45) is 5.10 Å². The summed E-state index contributed by atoms with van der Waals surface area (Å²) < 4.78 is 5.51. The topological polar surface area (TPSA) is 79.2 Å². The lowest BCUT2D eigenvalue weighted by atomic mass is 10.1. The highest BCUT2D eigenvalue weighted by atomic mass is 16.5. The van der Waals surface area contributed by atoms with E-state index in [2.05, 4.69) is 5.10 Å². The summed E-state index contributed by atoms with van der Waals surface area (Å²) in [4.78, 5) is 22.4. The van der Waals surface area contributed by atoms with Gasteiger partial charge in [-0.1, -0.05) is 0 Å². The molecule has 2 aliphatic rings. The Labute approximate surface area is 99.2 Å². The van der Waals surface area contributed by atoms with Crippen molar-refractivity contribution in [1.82, 2.24) is 5.01 Å². The second kappa shape index (κ2) is 5.27. The van der Waals surface area contributed by atoms with Crippen LogP contribution in [0.3, 0.4) is 0 Å². The molecule has 0 aromatic carbocycles. The average Bonchev–Trinajstić information content (AvgIpc) is 2.33. The third-order valence-corrected chi connectivity index (χ3v) is 3.00. The van der Waals surface area contributed by atoms with Crippen LogP contribution in [0, 0.1) is 0 Å². The Morgan fingerprint density at radius 3 is 2.94 bits per heavy atom. The molecule has 1 fully saturated rings. The van der Waals surface area contributed by atoms with Crippen LogP contribution in [0.2, 0.25) is 0 Å². The van der Waals surface area contributed by atoms with Crippen molar-refractivity contribution in [3.63, 3.8) is 0 Å². The third-order valence-electron chi connectivity index (χ3n) is 3.00. The summed E-state index contributed by atoms with van der Waals surface area (Å²) in [5, 5.41) is 14.0. The van der Waals surface area contributed by atoms with Crippen LogP contribution in [-0.4, -0.2) is 47.0 Å². The van der Waals surface area contributed by atoms with Crippen LogP contribution in [-0.2, 0) is 14.3 Å². The van der Waals surface area contributed by atoms with Crippen molar-refractivity contribution in [3.8, 4) is 0 Å². The number of carbonyl (C=O) groups excluding carboxylic acids is 1. The minimum atomic E-state index is -1.05. The normalized spacial score (nSPS) is 25.6. The maximum Gasteiger partial charge on any atom is 0.352 e. The highest BCUT2D eigenvalue weighted by Crippen LogP contribution is 2.17. The minimum absolute atomic E-state index is 0.00963. The van der Waals surface area contributed by atoms with Crippen LogP contribution in [0.5, 0.6) is 0 Å². The lowest BCUT2D eigenvalue weighted by molar-refractivity contribution is -0.135. The van der Waals surface area contributed by atoms with Gasteiger partial charge >= 0.3 is 5.97 Å². The first-order chi connectivity index (χ1) is 8.16. The summed E-state index contributed by atoms with van der Waals surface area (Å²) in [6, 6.07) is 0. The monoisotopic (exact) mass is 240 g/mol. The number of nitrogens with zero attached hydrogens (tertiary/aromatic N) is 2. The molecule has 94 valence electrons. The smallest absolute Gasteiger partial charge is 0.352 e. The Bertz CT molecular complexity index is 347. The van der Waals surface area contributed by atoms with Crippen LogP contribution in [0.25, 0.3) is 0 Å². The summed E-state index contributed by atoms with van der Waals surface area (Å²) in [6.45, 7) is 1.08. The van der Waals surface area contributed by atoms with Gasteiger partial charge in [0.1, 0.15) is 5.71 Å². The predicted octanol–water partition coefficient (Wildman–Crippen LogP) is 0.618. The first-order valence-corrected chi connectivity index (χ1v) is 5.89. The molecule has 0 bridgehead atoms. The standard InChI is InChI=1S/C11H16N2O4/c14-10-5-4-9(11(15)16)12-13(10)7-8-3-1-2-6-17-8/h8H,1-7H2,(H,15,16). The molecule has 1 amide bonds. The minimum Gasteiger partial charge on any atom is -0.477 e. The quantitative estimate of drug-likeness (QED) is 0.784. The molecular formula is C11H16N2O4. The van der Waals surface area contributed by atoms with Gasteiger partial charge in [-0.25, -0.2) is 9.80 Å². The fourth-order valence-corrected chi connectivity index (χ4v) is 2.04. The van der Waals surface area contributed by atoms with Crippen LogP contribution in [0.4, 0.5) is 0 Å². The lowest BCUT2D eigenvalue weighted by Gasteiger charge is -2.29. The van der Waals surface area contributed by atoms with Gasteiger partial charge in [0, 0.05) is 19.4 Å². The molecule has 6 heteroatoms. The fraction of sp³-hybridized carbons (Fsp3) is 0.727. The van der Waals surface area contributed by atoms with E-state index in [4.69, 9.17) is 9.84 Å². The van der Waals surface area contributed by atoms with E-state index < -0.39 is 5.97 Å². The number of hydrogen-bond donors (Lipinski definition) is 1. The molecule has 0 aromatic rings. The summed E-state index contributed by atoms with van der Waals surface area (Å²) in [7, 11) is 0. The summed E-state index contributed by atoms with van der Waals surface area (Å²) >= 11 is 0. The lowest BCUT2D eigenvalue weighted by Crippen LogP contribution is -2.40. The Morgan fingerprint density at radius 2 is 2.29 bits per heavy atom. The summed E-state index contributed by atoms with van der Waals surface area (Å²) in [5.41, 5.74) is 0.0559. The zero-order valence-electron chi connectivity index (χ0n) is 9.59. The molecule has 0 radical (unpaired) electrons. The van der Waals surface area contributed by atoms with Crippen LogP contribution < -0.4 is 0 Å². The number of carbonyl (C=O) groups is 2. The van der Waals surface area contributed by atoms with E-state index in [9.17, 15) is 9.59 Å². The molecule has 0 spiro atoms. The number of hydrogen-bond acceptors (Lipinski definition) is 4. The van der Waals surface area contributed by atoms with E-state index in [1.807, 2.05) is 0 Å². The summed E-state index contributed by atoms with van der Waals surface area (Å²) in [5.74, 6) is -1.17. The van der Waals surface area contributed by atoms with Crippen LogP contribution in [0.15, 0.2) is 5.10 Å². The highest BCUT2D eigenvalue weighted by Gasteiger charge is 2.27. The highest BCUT2D eigenvalue weighted by molar-refractivity contribution is 6.36. The first kappa shape index (κ1) is 12.0. The number of amides is 1. The van der Waals surface area contributed by atoms with Gasteiger partial charge in [0.05, 0.1) is 12.6 Å². The molecule has 1 atom stereocenters. The van der Waals surface area contributed by atoms with Gasteiger partial charge in [0.25, 0.3) is 0 Å². The van der Waals surface area contributed by atoms with Gasteiger partial charge in [-0.15, -0.1) is 0 Å². The van der Waals surface area contributed by atoms with Gasteiger partial charge in [-0.05, 0) is 19.3 Å². The predicted molar refractivity (Wildman–Crippen MR) is 59.6 cm³/mol. The van der Waals surface area contributed by atoms with Crippen LogP contribution >= 0.6 is 0 Å². The average molecular weight is 240 g/mol. The Hall–Kier alpha value is -1.43. The maximum atomic E-state index is 11.6. The van der Waals surface area contributed by atoms with E-state index in [1.165, 1.54) is 5.01 Å². The van der Waals surface area contributed by atoms with E-state index in [1.54, 1.807) is 0 Å². The second-order valence-corrected chi connectivity index (χ2v) is 4.32. The molecule has 1 saturated heterocycles. The Balaban J connectivity index is 1.99. The summed E-state index contributed by atoms with van der Waals surface area (Å²) in [6.07, 6.45) is 3.47. The van der Waals surface area contributed by atoms with E-state index in [0.29, 0.717) is 13.2 Å². The molecule has 1 unspecified atom stereocenters. The number of carboxylic acid groups (broad SMARTS) is 1. The number of carboxylic acids is 1. The van der Waals surface area contributed by atoms with Crippen molar-refractivity contribution in [3.05, 3.63) is 0 Å². The zero-order valence-corrected chi connectivity index (χ0v) is 9.59. The van der Waals surface area contributed by atoms with Crippen molar-refractivity contribution in [2.45, 2.75) is 38.2 Å².